The molecule has 1 aromatic heterocycles. The fraction of sp³-hybridized carbons (Fsp3) is 0.714. The van der Waals surface area contributed by atoms with Crippen molar-refractivity contribution in [2.45, 2.75) is 40.0 Å². The van der Waals surface area contributed by atoms with Crippen LogP contribution in [0, 0.1) is 5.92 Å². The molecule has 1 aromatic rings. The summed E-state index contributed by atoms with van der Waals surface area (Å²) < 4.78 is 0. The van der Waals surface area contributed by atoms with Crippen molar-refractivity contribution in [1.29, 1.82) is 0 Å². The second-order valence-electron chi connectivity index (χ2n) is 5.14. The van der Waals surface area contributed by atoms with Crippen molar-refractivity contribution in [3.8, 4) is 0 Å². The summed E-state index contributed by atoms with van der Waals surface area (Å²) in [5, 5.41) is 3.36. The molecule has 0 saturated carbocycles. The van der Waals surface area contributed by atoms with E-state index in [2.05, 4.69) is 41.0 Å². The first-order chi connectivity index (χ1) is 8.76. The second kappa shape index (κ2) is 6.03. The molecule has 18 heavy (non-hydrogen) atoms. The average molecular weight is 248 g/mol. The zero-order valence-corrected chi connectivity index (χ0v) is 11.7. The lowest BCUT2D eigenvalue weighted by molar-refractivity contribution is 0.658. The van der Waals surface area contributed by atoms with Crippen LogP contribution < -0.4 is 10.2 Å². The van der Waals surface area contributed by atoms with Crippen LogP contribution in [0.2, 0.25) is 0 Å². The maximum absolute atomic E-state index is 4.53. The summed E-state index contributed by atoms with van der Waals surface area (Å²) in [5.74, 6) is 2.94. The predicted octanol–water partition coefficient (Wildman–Crippen LogP) is 2.71. The molecular formula is C14H24N4. The number of nitrogens with zero attached hydrogens (tertiary/aromatic N) is 3. The minimum atomic E-state index is 0.775. The molecule has 4 heteroatoms. The first kappa shape index (κ1) is 13.1. The minimum absolute atomic E-state index is 0.775. The Labute approximate surface area is 110 Å². The Bertz CT molecular complexity index is 391. The highest BCUT2D eigenvalue weighted by Gasteiger charge is 2.23. The summed E-state index contributed by atoms with van der Waals surface area (Å²) >= 11 is 0. The molecule has 1 aliphatic rings. The molecule has 1 aliphatic heterocycles. The van der Waals surface area contributed by atoms with Crippen molar-refractivity contribution in [2.75, 3.05) is 29.9 Å². The molecular weight excluding hydrogens is 224 g/mol. The van der Waals surface area contributed by atoms with Gasteiger partial charge < -0.3 is 10.2 Å². The second-order valence-corrected chi connectivity index (χ2v) is 5.14. The summed E-state index contributed by atoms with van der Waals surface area (Å²) in [6, 6.07) is 0. The summed E-state index contributed by atoms with van der Waals surface area (Å²) in [5.41, 5.74) is 1.29. The van der Waals surface area contributed by atoms with Crippen molar-refractivity contribution >= 4 is 11.6 Å². The molecule has 1 atom stereocenters. The highest BCUT2D eigenvalue weighted by molar-refractivity contribution is 5.59. The number of anilines is 2. The normalized spacial score (nSPS) is 19.3. The van der Waals surface area contributed by atoms with Crippen molar-refractivity contribution in [2.24, 2.45) is 5.92 Å². The number of hydrogen-bond donors (Lipinski definition) is 1. The van der Waals surface area contributed by atoms with Gasteiger partial charge in [0.25, 0.3) is 0 Å². The molecule has 0 amide bonds. The van der Waals surface area contributed by atoms with Gasteiger partial charge in [0.15, 0.2) is 0 Å². The van der Waals surface area contributed by atoms with Crippen LogP contribution in [0.3, 0.4) is 0 Å². The largest absolute Gasteiger partial charge is 0.370 e. The van der Waals surface area contributed by atoms with Gasteiger partial charge in [-0.05, 0) is 25.7 Å². The lowest BCUT2D eigenvalue weighted by Gasteiger charge is -2.22. The van der Waals surface area contributed by atoms with E-state index in [4.69, 9.17) is 0 Å². The summed E-state index contributed by atoms with van der Waals surface area (Å²) in [6.45, 7) is 9.78. The van der Waals surface area contributed by atoms with Crippen LogP contribution in [0.1, 0.15) is 39.2 Å². The van der Waals surface area contributed by atoms with Crippen molar-refractivity contribution in [3.05, 3.63) is 11.9 Å². The molecule has 0 spiro atoms. The molecule has 0 bridgehead atoms. The van der Waals surface area contributed by atoms with E-state index in [1.165, 1.54) is 12.0 Å². The van der Waals surface area contributed by atoms with E-state index in [-0.39, 0.29) is 0 Å². The maximum Gasteiger partial charge on any atom is 0.137 e. The number of hydrogen-bond acceptors (Lipinski definition) is 4. The van der Waals surface area contributed by atoms with E-state index in [0.717, 1.165) is 50.0 Å². The molecule has 1 fully saturated rings. The van der Waals surface area contributed by atoms with Gasteiger partial charge in [0.05, 0.1) is 0 Å². The van der Waals surface area contributed by atoms with Crippen molar-refractivity contribution in [1.82, 2.24) is 9.97 Å². The van der Waals surface area contributed by atoms with E-state index in [9.17, 15) is 0 Å². The van der Waals surface area contributed by atoms with Gasteiger partial charge in [-0.1, -0.05) is 20.3 Å². The van der Waals surface area contributed by atoms with E-state index in [1.807, 2.05) is 0 Å². The Kier molecular flexibility index (Phi) is 4.39. The summed E-state index contributed by atoms with van der Waals surface area (Å²) in [4.78, 5) is 11.3. The van der Waals surface area contributed by atoms with Gasteiger partial charge in [-0.25, -0.2) is 9.97 Å². The van der Waals surface area contributed by atoms with Gasteiger partial charge in [-0.15, -0.1) is 0 Å². The van der Waals surface area contributed by atoms with Crippen LogP contribution in [0.15, 0.2) is 6.33 Å². The van der Waals surface area contributed by atoms with Crippen LogP contribution in [0.5, 0.6) is 0 Å². The highest BCUT2D eigenvalue weighted by atomic mass is 15.2. The first-order valence-electron chi connectivity index (χ1n) is 7.08. The first-order valence-corrected chi connectivity index (χ1v) is 7.08. The third-order valence-corrected chi connectivity index (χ3v) is 3.49. The molecule has 100 valence electrons. The lowest BCUT2D eigenvalue weighted by atomic mass is 10.1. The third kappa shape index (κ3) is 2.74. The van der Waals surface area contributed by atoms with E-state index in [0.29, 0.717) is 0 Å². The molecule has 2 heterocycles. The maximum atomic E-state index is 4.53. The standard InChI is InChI=1S/C14H24N4/c1-4-6-12-13(15-5-2)16-10-17-14(12)18-8-7-11(3)9-18/h10-11H,4-9H2,1-3H3,(H,15,16,17). The zero-order chi connectivity index (χ0) is 13.0. The Hall–Kier alpha value is -1.32. The number of aromatic nitrogens is 2. The van der Waals surface area contributed by atoms with Crippen LogP contribution in [0.4, 0.5) is 11.6 Å². The van der Waals surface area contributed by atoms with Crippen LogP contribution in [-0.4, -0.2) is 29.6 Å². The monoisotopic (exact) mass is 248 g/mol. The quantitative estimate of drug-likeness (QED) is 0.870. The Balaban J connectivity index is 2.30. The molecule has 4 nitrogen and oxygen atoms in total. The van der Waals surface area contributed by atoms with E-state index >= 15 is 0 Å². The summed E-state index contributed by atoms with van der Waals surface area (Å²) in [6.07, 6.45) is 5.13. The number of nitrogens with one attached hydrogen (secondary N) is 1. The third-order valence-electron chi connectivity index (χ3n) is 3.49. The lowest BCUT2D eigenvalue weighted by Crippen LogP contribution is -2.23. The van der Waals surface area contributed by atoms with Crippen LogP contribution >= 0.6 is 0 Å². The fourth-order valence-electron chi connectivity index (χ4n) is 2.60. The van der Waals surface area contributed by atoms with Gasteiger partial charge in [0.2, 0.25) is 0 Å². The van der Waals surface area contributed by atoms with E-state index < -0.39 is 0 Å². The molecule has 0 aromatic carbocycles. The average Bonchev–Trinajstić information content (AvgIpc) is 2.78. The van der Waals surface area contributed by atoms with Crippen molar-refractivity contribution in [3.63, 3.8) is 0 Å². The van der Waals surface area contributed by atoms with Crippen LogP contribution in [-0.2, 0) is 6.42 Å². The fourth-order valence-corrected chi connectivity index (χ4v) is 2.60. The molecule has 1 unspecified atom stereocenters. The van der Waals surface area contributed by atoms with E-state index in [1.54, 1.807) is 6.33 Å². The van der Waals surface area contributed by atoms with Gasteiger partial charge in [-0.3, -0.25) is 0 Å². The van der Waals surface area contributed by atoms with Gasteiger partial charge in [-0.2, -0.15) is 0 Å². The Morgan fingerprint density at radius 2 is 2.22 bits per heavy atom. The van der Waals surface area contributed by atoms with Gasteiger partial charge >= 0.3 is 0 Å². The Morgan fingerprint density at radius 3 is 2.83 bits per heavy atom. The molecule has 2 rings (SSSR count). The highest BCUT2D eigenvalue weighted by Crippen LogP contribution is 2.29. The Morgan fingerprint density at radius 1 is 1.39 bits per heavy atom. The van der Waals surface area contributed by atoms with Crippen molar-refractivity contribution < 1.29 is 0 Å². The molecule has 0 radical (unpaired) electrons. The number of rotatable bonds is 5. The van der Waals surface area contributed by atoms with Gasteiger partial charge in [0, 0.05) is 25.2 Å². The molecule has 1 saturated heterocycles. The zero-order valence-electron chi connectivity index (χ0n) is 11.7. The SMILES string of the molecule is CCCc1c(NCC)ncnc1N1CCC(C)C1. The van der Waals surface area contributed by atoms with Gasteiger partial charge in [0.1, 0.15) is 18.0 Å². The summed E-state index contributed by atoms with van der Waals surface area (Å²) in [7, 11) is 0. The smallest absolute Gasteiger partial charge is 0.137 e. The minimum Gasteiger partial charge on any atom is -0.370 e. The predicted molar refractivity (Wildman–Crippen MR) is 76.2 cm³/mol. The molecule has 1 N–H and O–H groups in total. The topological polar surface area (TPSA) is 41.1 Å². The molecule has 0 aliphatic carbocycles. The van der Waals surface area contributed by atoms with Crippen LogP contribution in [0.25, 0.3) is 0 Å².